The van der Waals surface area contributed by atoms with Crippen molar-refractivity contribution in [2.75, 3.05) is 18.4 Å². The van der Waals surface area contributed by atoms with Crippen LogP contribution in [0.3, 0.4) is 0 Å². The zero-order valence-electron chi connectivity index (χ0n) is 12.5. The molecule has 1 aromatic rings. The lowest BCUT2D eigenvalue weighted by molar-refractivity contribution is -0.146. The zero-order chi connectivity index (χ0) is 16.4. The summed E-state index contributed by atoms with van der Waals surface area (Å²) in [5.41, 5.74) is 0.588. The van der Waals surface area contributed by atoms with Gasteiger partial charge < -0.3 is 20.1 Å². The molecule has 7 heteroatoms. The van der Waals surface area contributed by atoms with E-state index < -0.39 is 18.0 Å². The van der Waals surface area contributed by atoms with E-state index in [9.17, 15) is 14.4 Å². The summed E-state index contributed by atoms with van der Waals surface area (Å²) in [4.78, 5) is 37.0. The van der Waals surface area contributed by atoms with Crippen LogP contribution < -0.4 is 10.1 Å². The molecule has 2 aliphatic heterocycles. The Kier molecular flexibility index (Phi) is 4.18. The van der Waals surface area contributed by atoms with Crippen LogP contribution in [0, 0.1) is 5.92 Å². The summed E-state index contributed by atoms with van der Waals surface area (Å²) in [7, 11) is 0. The van der Waals surface area contributed by atoms with E-state index in [-0.39, 0.29) is 24.8 Å². The Balaban J connectivity index is 1.64. The number of rotatable bonds is 3. The van der Waals surface area contributed by atoms with Crippen molar-refractivity contribution in [1.29, 1.82) is 0 Å². The van der Waals surface area contributed by atoms with E-state index in [2.05, 4.69) is 5.32 Å². The van der Waals surface area contributed by atoms with Crippen molar-refractivity contribution in [2.24, 2.45) is 5.92 Å². The zero-order valence-corrected chi connectivity index (χ0v) is 12.5. The molecule has 1 fully saturated rings. The number of likely N-dealkylation sites (tertiary alicyclic amines) is 1. The molecule has 0 aromatic heterocycles. The van der Waals surface area contributed by atoms with Crippen LogP contribution in [-0.2, 0) is 14.4 Å². The maximum atomic E-state index is 12.4. The summed E-state index contributed by atoms with van der Waals surface area (Å²) < 4.78 is 5.60. The van der Waals surface area contributed by atoms with E-state index in [1.807, 2.05) is 0 Å². The Morgan fingerprint density at radius 3 is 2.91 bits per heavy atom. The second kappa shape index (κ2) is 6.28. The second-order valence-electron chi connectivity index (χ2n) is 5.81. The Labute approximate surface area is 133 Å². The van der Waals surface area contributed by atoms with Crippen LogP contribution in [0.15, 0.2) is 24.3 Å². The lowest BCUT2D eigenvalue weighted by atomic mass is 9.98. The number of carboxylic acid groups (broad SMARTS) is 1. The van der Waals surface area contributed by atoms with Gasteiger partial charge in [-0.1, -0.05) is 12.1 Å². The van der Waals surface area contributed by atoms with Crippen LogP contribution >= 0.6 is 0 Å². The van der Waals surface area contributed by atoms with E-state index in [0.29, 0.717) is 30.8 Å². The number of anilines is 1. The van der Waals surface area contributed by atoms with Crippen molar-refractivity contribution in [1.82, 2.24) is 4.90 Å². The van der Waals surface area contributed by atoms with Gasteiger partial charge in [0.2, 0.25) is 5.91 Å². The van der Waals surface area contributed by atoms with Crippen LogP contribution in [0.1, 0.15) is 19.3 Å². The summed E-state index contributed by atoms with van der Waals surface area (Å²) in [5.74, 6) is -1.50. The number of carbonyl (C=O) groups is 3. The molecule has 23 heavy (non-hydrogen) atoms. The van der Waals surface area contributed by atoms with Crippen molar-refractivity contribution < 1.29 is 24.2 Å². The number of nitrogens with one attached hydrogen (secondary N) is 1. The quantitative estimate of drug-likeness (QED) is 0.870. The lowest BCUT2D eigenvalue weighted by Gasteiger charge is -2.32. The number of benzene rings is 1. The van der Waals surface area contributed by atoms with Gasteiger partial charge in [0, 0.05) is 13.1 Å². The Bertz CT molecular complexity index is 645. The molecule has 3 rings (SSSR count). The number of nitrogens with zero attached hydrogens (tertiary/aromatic N) is 1. The highest BCUT2D eigenvalue weighted by molar-refractivity contribution is 6.00. The average molecular weight is 318 g/mol. The number of aliphatic carboxylic acids is 1. The van der Waals surface area contributed by atoms with E-state index in [1.54, 1.807) is 24.3 Å². The molecule has 0 radical (unpaired) electrons. The second-order valence-corrected chi connectivity index (χ2v) is 5.81. The molecule has 1 saturated heterocycles. The first-order chi connectivity index (χ1) is 11.0. The maximum Gasteiger partial charge on any atom is 0.308 e. The smallest absolute Gasteiger partial charge is 0.308 e. The molecule has 2 amide bonds. The first kappa shape index (κ1) is 15.3. The SMILES string of the molecule is O=C(O)C1CCCN(C(=O)CC2Oc3ccccc3NC2=O)C1. The fourth-order valence-corrected chi connectivity index (χ4v) is 2.92. The molecule has 0 aliphatic carbocycles. The minimum absolute atomic E-state index is 0.0908. The summed E-state index contributed by atoms with van der Waals surface area (Å²) in [6.45, 7) is 0.715. The first-order valence-corrected chi connectivity index (χ1v) is 7.61. The number of ether oxygens (including phenoxy) is 1. The number of para-hydroxylation sites is 2. The molecular weight excluding hydrogens is 300 g/mol. The lowest BCUT2D eigenvalue weighted by Crippen LogP contribution is -2.46. The standard InChI is InChI=1S/C16H18N2O5/c19-14(18-7-3-4-10(9-18)16(21)22)8-13-15(20)17-11-5-1-2-6-12(11)23-13/h1-2,5-6,10,13H,3-4,7-9H2,(H,17,20)(H,21,22). The van der Waals surface area contributed by atoms with E-state index >= 15 is 0 Å². The molecule has 2 aliphatic rings. The minimum atomic E-state index is -0.886. The highest BCUT2D eigenvalue weighted by Crippen LogP contribution is 2.30. The van der Waals surface area contributed by atoms with Gasteiger partial charge in [-0.05, 0) is 25.0 Å². The largest absolute Gasteiger partial charge is 0.481 e. The molecule has 2 heterocycles. The summed E-state index contributed by atoms with van der Waals surface area (Å²) in [6, 6.07) is 7.03. The van der Waals surface area contributed by atoms with E-state index in [1.165, 1.54) is 4.90 Å². The van der Waals surface area contributed by atoms with Crippen LogP contribution in [-0.4, -0.2) is 47.0 Å². The van der Waals surface area contributed by atoms with Crippen molar-refractivity contribution in [3.05, 3.63) is 24.3 Å². The third kappa shape index (κ3) is 3.28. The topological polar surface area (TPSA) is 95.9 Å². The Morgan fingerprint density at radius 1 is 1.35 bits per heavy atom. The third-order valence-electron chi connectivity index (χ3n) is 4.19. The van der Waals surface area contributed by atoms with E-state index in [0.717, 1.165) is 0 Å². The molecule has 0 bridgehead atoms. The van der Waals surface area contributed by atoms with Crippen molar-refractivity contribution in [2.45, 2.75) is 25.4 Å². The number of hydrogen-bond donors (Lipinski definition) is 2. The molecule has 0 saturated carbocycles. The van der Waals surface area contributed by atoms with Crippen molar-refractivity contribution >= 4 is 23.5 Å². The molecule has 2 atom stereocenters. The Morgan fingerprint density at radius 2 is 2.13 bits per heavy atom. The van der Waals surface area contributed by atoms with Crippen LogP contribution in [0.5, 0.6) is 5.75 Å². The first-order valence-electron chi connectivity index (χ1n) is 7.61. The van der Waals surface area contributed by atoms with Gasteiger partial charge in [-0.3, -0.25) is 14.4 Å². The van der Waals surface area contributed by atoms with Crippen LogP contribution in [0.25, 0.3) is 0 Å². The fraction of sp³-hybridized carbons (Fsp3) is 0.438. The molecule has 7 nitrogen and oxygen atoms in total. The van der Waals surface area contributed by atoms with Crippen LogP contribution in [0.2, 0.25) is 0 Å². The number of amides is 2. The summed E-state index contributed by atoms with van der Waals surface area (Å²) >= 11 is 0. The molecule has 122 valence electrons. The molecule has 2 N–H and O–H groups in total. The Hall–Kier alpha value is -2.57. The average Bonchev–Trinajstić information content (AvgIpc) is 2.55. The van der Waals surface area contributed by atoms with Gasteiger partial charge in [0.25, 0.3) is 5.91 Å². The number of carboxylic acids is 1. The summed E-state index contributed by atoms with van der Waals surface area (Å²) in [6.07, 6.45) is 0.255. The monoisotopic (exact) mass is 318 g/mol. The highest BCUT2D eigenvalue weighted by Gasteiger charge is 2.33. The number of piperidine rings is 1. The number of fused-ring (bicyclic) bond motifs is 1. The van der Waals surface area contributed by atoms with Crippen LogP contribution in [0.4, 0.5) is 5.69 Å². The predicted octanol–water partition coefficient (Wildman–Crippen LogP) is 1.10. The van der Waals surface area contributed by atoms with Gasteiger partial charge in [0.15, 0.2) is 6.10 Å². The van der Waals surface area contributed by atoms with Gasteiger partial charge in [-0.2, -0.15) is 0 Å². The van der Waals surface area contributed by atoms with Gasteiger partial charge >= 0.3 is 5.97 Å². The fourth-order valence-electron chi connectivity index (χ4n) is 2.92. The molecule has 0 spiro atoms. The van der Waals surface area contributed by atoms with Gasteiger partial charge in [0.05, 0.1) is 18.0 Å². The van der Waals surface area contributed by atoms with Crippen molar-refractivity contribution in [3.8, 4) is 5.75 Å². The third-order valence-corrected chi connectivity index (χ3v) is 4.19. The molecule has 2 unspecified atom stereocenters. The van der Waals surface area contributed by atoms with Gasteiger partial charge in [0.1, 0.15) is 5.75 Å². The predicted molar refractivity (Wildman–Crippen MR) is 81.0 cm³/mol. The van der Waals surface area contributed by atoms with Gasteiger partial charge in [-0.25, -0.2) is 0 Å². The van der Waals surface area contributed by atoms with Crippen molar-refractivity contribution in [3.63, 3.8) is 0 Å². The number of hydrogen-bond acceptors (Lipinski definition) is 4. The minimum Gasteiger partial charge on any atom is -0.481 e. The highest BCUT2D eigenvalue weighted by atomic mass is 16.5. The van der Waals surface area contributed by atoms with Gasteiger partial charge in [-0.15, -0.1) is 0 Å². The van der Waals surface area contributed by atoms with E-state index in [4.69, 9.17) is 9.84 Å². The maximum absolute atomic E-state index is 12.4. The number of carbonyl (C=O) groups excluding carboxylic acids is 2. The molecule has 1 aromatic carbocycles. The summed E-state index contributed by atoms with van der Waals surface area (Å²) in [5, 5.41) is 11.8. The normalized spacial score (nSPS) is 23.5. The molecular formula is C16H18N2O5.